The van der Waals surface area contributed by atoms with Gasteiger partial charge >= 0.3 is 0 Å². The lowest BCUT2D eigenvalue weighted by atomic mass is 9.77. The molecule has 0 spiro atoms. The second-order valence-corrected chi connectivity index (χ2v) is 8.15. The first-order chi connectivity index (χ1) is 11.7. The van der Waals surface area contributed by atoms with E-state index < -0.39 is 11.9 Å². The number of hydrogen-bond acceptors (Lipinski definition) is 3. The molecule has 136 valence electrons. The average Bonchev–Trinajstić information content (AvgIpc) is 2.63. The van der Waals surface area contributed by atoms with Crippen LogP contribution in [0.3, 0.4) is 0 Å². The first-order valence-corrected chi connectivity index (χ1v) is 10.2. The zero-order chi connectivity index (χ0) is 16.9. The van der Waals surface area contributed by atoms with Gasteiger partial charge in [0.05, 0.1) is 0 Å². The summed E-state index contributed by atoms with van der Waals surface area (Å²) in [5.41, 5.74) is 0. The topological polar surface area (TPSA) is 60.4 Å². The molecule has 1 amide bonds. The molecule has 4 nitrogen and oxygen atoms in total. The third-order valence-corrected chi connectivity index (χ3v) is 6.58. The van der Waals surface area contributed by atoms with Gasteiger partial charge in [0.1, 0.15) is 0 Å². The van der Waals surface area contributed by atoms with Crippen molar-refractivity contribution >= 4 is 11.9 Å². The lowest BCUT2D eigenvalue weighted by Gasteiger charge is -2.45. The number of aliphatic carboxylic acids is 1. The van der Waals surface area contributed by atoms with Gasteiger partial charge in [0, 0.05) is 29.9 Å². The molecule has 4 heteroatoms. The minimum Gasteiger partial charge on any atom is -0.550 e. The van der Waals surface area contributed by atoms with Crippen molar-refractivity contribution in [3.05, 3.63) is 0 Å². The van der Waals surface area contributed by atoms with Gasteiger partial charge in [0.25, 0.3) is 0 Å². The van der Waals surface area contributed by atoms with Crippen LogP contribution >= 0.6 is 0 Å². The number of hydrogen-bond donors (Lipinski definition) is 0. The van der Waals surface area contributed by atoms with E-state index in [4.69, 9.17) is 0 Å². The Morgan fingerprint density at radius 1 is 0.625 bits per heavy atom. The van der Waals surface area contributed by atoms with Crippen molar-refractivity contribution in [3.8, 4) is 0 Å². The van der Waals surface area contributed by atoms with Crippen LogP contribution in [0.4, 0.5) is 0 Å². The Balaban J connectivity index is 1.79. The van der Waals surface area contributed by atoms with Gasteiger partial charge in [-0.05, 0) is 38.5 Å². The van der Waals surface area contributed by atoms with E-state index in [2.05, 4.69) is 4.90 Å². The molecular formula is C20H32NO3-. The van der Waals surface area contributed by atoms with E-state index in [1.54, 1.807) is 0 Å². The second-order valence-electron chi connectivity index (χ2n) is 8.15. The summed E-state index contributed by atoms with van der Waals surface area (Å²) in [6.45, 7) is 0. The minimum absolute atomic E-state index is 0.141. The highest BCUT2D eigenvalue weighted by molar-refractivity contribution is 5.85. The van der Waals surface area contributed by atoms with Crippen molar-refractivity contribution in [2.24, 2.45) is 11.8 Å². The van der Waals surface area contributed by atoms with Crippen LogP contribution in [-0.2, 0) is 9.59 Å². The fraction of sp³-hybridized carbons (Fsp3) is 0.900. The number of carbonyl (C=O) groups is 2. The van der Waals surface area contributed by atoms with Crippen LogP contribution in [0.15, 0.2) is 0 Å². The van der Waals surface area contributed by atoms with E-state index >= 15 is 0 Å². The van der Waals surface area contributed by atoms with Crippen molar-refractivity contribution in [2.45, 2.75) is 102 Å². The molecule has 3 aliphatic rings. The monoisotopic (exact) mass is 334 g/mol. The predicted octanol–water partition coefficient (Wildman–Crippen LogP) is 3.04. The summed E-state index contributed by atoms with van der Waals surface area (Å²) in [5, 5.41) is 11.6. The van der Waals surface area contributed by atoms with E-state index in [1.807, 2.05) is 0 Å². The second kappa shape index (κ2) is 8.35. The van der Waals surface area contributed by atoms with Gasteiger partial charge in [-0.1, -0.05) is 51.4 Å². The van der Waals surface area contributed by atoms with Gasteiger partial charge in [0.2, 0.25) is 5.91 Å². The Labute approximate surface area is 146 Å². The molecule has 0 saturated heterocycles. The van der Waals surface area contributed by atoms with Crippen molar-refractivity contribution in [2.75, 3.05) is 0 Å². The third-order valence-electron chi connectivity index (χ3n) is 6.58. The molecule has 3 saturated carbocycles. The first-order valence-electron chi connectivity index (χ1n) is 10.2. The zero-order valence-corrected chi connectivity index (χ0v) is 14.9. The van der Waals surface area contributed by atoms with Crippen LogP contribution in [0.1, 0.15) is 89.9 Å². The van der Waals surface area contributed by atoms with Gasteiger partial charge in [0.15, 0.2) is 0 Å². The van der Waals surface area contributed by atoms with E-state index in [0.29, 0.717) is 18.5 Å². The van der Waals surface area contributed by atoms with Crippen molar-refractivity contribution in [1.29, 1.82) is 0 Å². The predicted molar refractivity (Wildman–Crippen MR) is 91.0 cm³/mol. The van der Waals surface area contributed by atoms with E-state index in [1.165, 1.54) is 38.5 Å². The summed E-state index contributed by atoms with van der Waals surface area (Å²) in [4.78, 5) is 27.2. The van der Waals surface area contributed by atoms with Gasteiger partial charge in [-0.2, -0.15) is 0 Å². The van der Waals surface area contributed by atoms with E-state index in [0.717, 1.165) is 44.9 Å². The molecular weight excluding hydrogens is 302 g/mol. The third kappa shape index (κ3) is 3.94. The molecule has 2 unspecified atom stereocenters. The summed E-state index contributed by atoms with van der Waals surface area (Å²) in [6, 6.07) is 0.692. The minimum atomic E-state index is -1.01. The summed E-state index contributed by atoms with van der Waals surface area (Å²) >= 11 is 0. The fourth-order valence-electron chi connectivity index (χ4n) is 5.28. The Kier molecular flexibility index (Phi) is 6.18. The number of amides is 1. The molecule has 24 heavy (non-hydrogen) atoms. The van der Waals surface area contributed by atoms with Crippen molar-refractivity contribution < 1.29 is 14.7 Å². The Morgan fingerprint density at radius 3 is 1.50 bits per heavy atom. The number of rotatable bonds is 4. The quantitative estimate of drug-likeness (QED) is 0.794. The molecule has 3 rings (SSSR count). The number of carboxylic acids is 1. The molecule has 0 N–H and O–H groups in total. The van der Waals surface area contributed by atoms with Crippen LogP contribution in [0, 0.1) is 11.8 Å². The van der Waals surface area contributed by atoms with E-state index in [-0.39, 0.29) is 11.8 Å². The average molecular weight is 334 g/mol. The van der Waals surface area contributed by atoms with Crippen LogP contribution in [0.2, 0.25) is 0 Å². The van der Waals surface area contributed by atoms with Crippen LogP contribution < -0.4 is 5.11 Å². The molecule has 2 atom stereocenters. The highest BCUT2D eigenvalue weighted by atomic mass is 16.4. The summed E-state index contributed by atoms with van der Waals surface area (Å²) in [6.07, 6.45) is 15.0. The zero-order valence-electron chi connectivity index (χ0n) is 14.9. The van der Waals surface area contributed by atoms with E-state index in [9.17, 15) is 14.7 Å². The summed E-state index contributed by atoms with van der Waals surface area (Å²) in [7, 11) is 0. The standard InChI is InChI=1S/C20H33NO3/c22-19(17-13-7-8-14-18(17)20(23)24)21(15-9-3-1-4-10-15)16-11-5-2-6-12-16/h15-18H,1-14H2,(H,23,24)/p-1. The molecule has 0 aromatic rings. The molecule has 0 aromatic heterocycles. The van der Waals surface area contributed by atoms with Crippen LogP contribution in [0.5, 0.6) is 0 Å². The molecule has 0 aromatic carbocycles. The lowest BCUT2D eigenvalue weighted by Crippen LogP contribution is -2.54. The Hall–Kier alpha value is -1.06. The highest BCUT2D eigenvalue weighted by Gasteiger charge is 2.40. The maximum Gasteiger partial charge on any atom is 0.226 e. The first kappa shape index (κ1) is 17.8. The lowest BCUT2D eigenvalue weighted by molar-refractivity contribution is -0.314. The molecule has 0 heterocycles. The summed E-state index contributed by atoms with van der Waals surface area (Å²) < 4.78 is 0. The SMILES string of the molecule is O=C([O-])C1CCCCC1C(=O)N(C1CCCCC1)C1CCCCC1. The molecule has 0 radical (unpaired) electrons. The molecule has 0 aliphatic heterocycles. The van der Waals surface area contributed by atoms with Gasteiger partial charge < -0.3 is 14.8 Å². The molecule has 3 aliphatic carbocycles. The molecule has 0 bridgehead atoms. The number of nitrogens with zero attached hydrogens (tertiary/aromatic N) is 1. The van der Waals surface area contributed by atoms with Gasteiger partial charge in [-0.3, -0.25) is 4.79 Å². The summed E-state index contributed by atoms with van der Waals surface area (Å²) in [5.74, 6) is -1.78. The normalized spacial score (nSPS) is 30.0. The fourth-order valence-corrected chi connectivity index (χ4v) is 5.28. The molecule has 3 fully saturated rings. The smallest absolute Gasteiger partial charge is 0.226 e. The maximum absolute atomic E-state index is 13.4. The maximum atomic E-state index is 13.4. The van der Waals surface area contributed by atoms with Crippen LogP contribution in [0.25, 0.3) is 0 Å². The highest BCUT2D eigenvalue weighted by Crippen LogP contribution is 2.36. The van der Waals surface area contributed by atoms with Crippen molar-refractivity contribution in [3.63, 3.8) is 0 Å². The van der Waals surface area contributed by atoms with Crippen molar-refractivity contribution in [1.82, 2.24) is 4.90 Å². The van der Waals surface area contributed by atoms with Gasteiger partial charge in [-0.15, -0.1) is 0 Å². The Morgan fingerprint density at radius 2 is 1.04 bits per heavy atom. The number of carbonyl (C=O) groups excluding carboxylic acids is 2. The Bertz CT molecular complexity index is 420. The number of carboxylic acid groups (broad SMARTS) is 1. The van der Waals surface area contributed by atoms with Gasteiger partial charge in [-0.25, -0.2) is 0 Å². The van der Waals surface area contributed by atoms with Crippen LogP contribution in [-0.4, -0.2) is 28.9 Å². The largest absolute Gasteiger partial charge is 0.550 e.